The van der Waals surface area contributed by atoms with Gasteiger partial charge in [0, 0.05) is 6.42 Å². The van der Waals surface area contributed by atoms with Crippen LogP contribution in [-0.4, -0.2) is 18.2 Å². The lowest BCUT2D eigenvalue weighted by Crippen LogP contribution is -2.29. The molecule has 20 heavy (non-hydrogen) atoms. The van der Waals surface area contributed by atoms with Crippen molar-refractivity contribution in [1.82, 2.24) is 0 Å². The van der Waals surface area contributed by atoms with E-state index in [1.807, 2.05) is 60.7 Å². The van der Waals surface area contributed by atoms with Gasteiger partial charge < -0.3 is 9.47 Å². The Morgan fingerprint density at radius 1 is 0.850 bits per heavy atom. The van der Waals surface area contributed by atoms with Gasteiger partial charge in [-0.05, 0) is 11.1 Å². The van der Waals surface area contributed by atoms with Crippen LogP contribution in [0.4, 0.5) is 0 Å². The maximum atomic E-state index is 12.2. The zero-order chi connectivity index (χ0) is 13.6. The molecule has 0 aromatic heterocycles. The van der Waals surface area contributed by atoms with Crippen LogP contribution in [0.25, 0.3) is 0 Å². The molecule has 2 fully saturated rings. The molecule has 1 spiro atoms. The Bertz CT molecular complexity index is 611. The molecule has 0 N–H and O–H groups in total. The first-order valence-electron chi connectivity index (χ1n) is 6.78. The summed E-state index contributed by atoms with van der Waals surface area (Å²) in [5.74, 6) is -0.245. The number of benzene rings is 2. The minimum Gasteiger partial charge on any atom is -0.463 e. The molecule has 0 radical (unpaired) electrons. The number of esters is 1. The number of carbonyl (C=O) groups excluding carboxylic acids is 1. The molecule has 2 aliphatic rings. The first kappa shape index (κ1) is 11.7. The third-order valence-electron chi connectivity index (χ3n) is 4.23. The molecule has 2 aliphatic heterocycles. The molecular weight excluding hydrogens is 252 g/mol. The molecule has 2 heterocycles. The summed E-state index contributed by atoms with van der Waals surface area (Å²) in [6, 6.07) is 19.8. The van der Waals surface area contributed by atoms with Gasteiger partial charge in [0.15, 0.2) is 5.60 Å². The molecule has 0 amide bonds. The summed E-state index contributed by atoms with van der Waals surface area (Å²) in [5, 5.41) is 0. The largest absolute Gasteiger partial charge is 0.463 e. The second kappa shape index (κ2) is 3.93. The summed E-state index contributed by atoms with van der Waals surface area (Å²) in [5.41, 5.74) is 0.480. The van der Waals surface area contributed by atoms with E-state index in [1.165, 1.54) is 0 Å². The van der Waals surface area contributed by atoms with Gasteiger partial charge in [0.1, 0.15) is 0 Å². The van der Waals surface area contributed by atoms with E-state index in [2.05, 4.69) is 0 Å². The molecule has 100 valence electrons. The van der Waals surface area contributed by atoms with Crippen LogP contribution in [0.3, 0.4) is 0 Å². The van der Waals surface area contributed by atoms with E-state index in [1.54, 1.807) is 0 Å². The zero-order valence-corrected chi connectivity index (χ0v) is 10.9. The van der Waals surface area contributed by atoms with Crippen molar-refractivity contribution in [3.05, 3.63) is 71.8 Å². The van der Waals surface area contributed by atoms with Crippen LogP contribution in [0.15, 0.2) is 60.7 Å². The highest BCUT2D eigenvalue weighted by Crippen LogP contribution is 2.63. The third kappa shape index (κ3) is 1.30. The average molecular weight is 266 g/mol. The minimum atomic E-state index is -0.838. The first-order valence-corrected chi connectivity index (χ1v) is 6.78. The normalized spacial score (nSPS) is 26.5. The summed E-state index contributed by atoms with van der Waals surface area (Å²) in [4.78, 5) is 12.2. The van der Waals surface area contributed by atoms with Gasteiger partial charge >= 0.3 is 5.97 Å². The van der Waals surface area contributed by atoms with Crippen molar-refractivity contribution in [3.8, 4) is 0 Å². The van der Waals surface area contributed by atoms with E-state index in [4.69, 9.17) is 9.47 Å². The van der Waals surface area contributed by atoms with Gasteiger partial charge in [-0.2, -0.15) is 0 Å². The molecule has 1 atom stereocenters. The second-order valence-electron chi connectivity index (χ2n) is 5.23. The topological polar surface area (TPSA) is 38.8 Å². The van der Waals surface area contributed by atoms with E-state index in [0.29, 0.717) is 13.0 Å². The van der Waals surface area contributed by atoms with Crippen LogP contribution in [0.5, 0.6) is 0 Å². The van der Waals surface area contributed by atoms with E-state index >= 15 is 0 Å². The number of cyclic esters (lactones) is 1. The van der Waals surface area contributed by atoms with Gasteiger partial charge in [0.25, 0.3) is 0 Å². The van der Waals surface area contributed by atoms with Crippen LogP contribution in [0.1, 0.15) is 17.5 Å². The second-order valence-corrected chi connectivity index (χ2v) is 5.23. The van der Waals surface area contributed by atoms with Gasteiger partial charge in [-0.1, -0.05) is 60.7 Å². The van der Waals surface area contributed by atoms with Crippen LogP contribution < -0.4 is 0 Å². The fourth-order valence-electron chi connectivity index (χ4n) is 3.25. The molecule has 2 saturated heterocycles. The lowest BCUT2D eigenvalue weighted by atomic mass is 9.80. The highest BCUT2D eigenvalue weighted by molar-refractivity contribution is 5.88. The molecule has 2 aromatic carbocycles. The Hall–Kier alpha value is -2.13. The molecule has 3 nitrogen and oxygen atoms in total. The Balaban J connectivity index is 1.91. The first-order chi connectivity index (χ1) is 9.80. The predicted molar refractivity (Wildman–Crippen MR) is 73.1 cm³/mol. The Morgan fingerprint density at radius 2 is 1.40 bits per heavy atom. The third-order valence-corrected chi connectivity index (χ3v) is 4.23. The lowest BCUT2D eigenvalue weighted by Gasteiger charge is -2.16. The Kier molecular flexibility index (Phi) is 2.30. The van der Waals surface area contributed by atoms with E-state index < -0.39 is 11.2 Å². The van der Waals surface area contributed by atoms with E-state index in [0.717, 1.165) is 11.1 Å². The Morgan fingerprint density at radius 3 is 1.85 bits per heavy atom. The number of ether oxygens (including phenoxy) is 2. The molecule has 3 heteroatoms. The number of rotatable bonds is 2. The maximum Gasteiger partial charge on any atom is 0.342 e. The monoisotopic (exact) mass is 266 g/mol. The van der Waals surface area contributed by atoms with Gasteiger partial charge in [0.05, 0.1) is 6.61 Å². The summed E-state index contributed by atoms with van der Waals surface area (Å²) in [7, 11) is 0. The number of carbonyl (C=O) groups is 1. The van der Waals surface area contributed by atoms with E-state index in [9.17, 15) is 4.79 Å². The lowest BCUT2D eigenvalue weighted by molar-refractivity contribution is -0.142. The Labute approximate surface area is 117 Å². The van der Waals surface area contributed by atoms with Crippen LogP contribution in [0.2, 0.25) is 0 Å². The van der Waals surface area contributed by atoms with Gasteiger partial charge in [-0.25, -0.2) is 4.79 Å². The summed E-state index contributed by atoms with van der Waals surface area (Å²) >= 11 is 0. The minimum absolute atomic E-state index is 0.245. The van der Waals surface area contributed by atoms with Crippen LogP contribution in [0, 0.1) is 0 Å². The number of hydrogen-bond donors (Lipinski definition) is 0. The predicted octanol–water partition coefficient (Wildman–Crippen LogP) is 2.65. The zero-order valence-electron chi connectivity index (χ0n) is 10.9. The van der Waals surface area contributed by atoms with Crippen molar-refractivity contribution in [1.29, 1.82) is 0 Å². The van der Waals surface area contributed by atoms with Crippen molar-refractivity contribution >= 4 is 5.97 Å². The summed E-state index contributed by atoms with van der Waals surface area (Å²) in [6.07, 6.45) is 0.607. The van der Waals surface area contributed by atoms with Gasteiger partial charge in [0.2, 0.25) is 5.60 Å². The highest BCUT2D eigenvalue weighted by Gasteiger charge is 2.78. The summed E-state index contributed by atoms with van der Waals surface area (Å²) in [6.45, 7) is 0.431. The quantitative estimate of drug-likeness (QED) is 0.619. The molecule has 0 aliphatic carbocycles. The van der Waals surface area contributed by atoms with Crippen LogP contribution >= 0.6 is 0 Å². The molecule has 0 saturated carbocycles. The fourth-order valence-corrected chi connectivity index (χ4v) is 3.25. The fraction of sp³-hybridized carbons (Fsp3) is 0.235. The molecule has 2 aromatic rings. The average Bonchev–Trinajstić information content (AvgIpc) is 3.07. The van der Waals surface area contributed by atoms with Crippen molar-refractivity contribution in [2.75, 3.05) is 6.61 Å². The van der Waals surface area contributed by atoms with Crippen molar-refractivity contribution in [2.24, 2.45) is 0 Å². The SMILES string of the molecule is O=C1OCC[C@@]12OC2(c1ccccc1)c1ccccc1. The highest BCUT2D eigenvalue weighted by atomic mass is 16.7. The molecule has 0 unspecified atom stereocenters. The van der Waals surface area contributed by atoms with Crippen LogP contribution in [-0.2, 0) is 19.9 Å². The number of epoxide rings is 1. The van der Waals surface area contributed by atoms with Gasteiger partial charge in [-0.15, -0.1) is 0 Å². The summed E-state index contributed by atoms with van der Waals surface area (Å²) < 4.78 is 11.2. The van der Waals surface area contributed by atoms with Crippen molar-refractivity contribution in [2.45, 2.75) is 17.6 Å². The number of hydrogen-bond acceptors (Lipinski definition) is 3. The standard InChI is InChI=1S/C17H14O3/c18-15-16(11-12-19-15)17(20-16,13-7-3-1-4-8-13)14-9-5-2-6-10-14/h1-10H,11-12H2/t16-/m1/s1. The molecule has 4 rings (SSSR count). The van der Waals surface area contributed by atoms with Crippen molar-refractivity contribution < 1.29 is 14.3 Å². The van der Waals surface area contributed by atoms with E-state index in [-0.39, 0.29) is 5.97 Å². The molecule has 0 bridgehead atoms. The smallest absolute Gasteiger partial charge is 0.342 e. The molecular formula is C17H14O3. The van der Waals surface area contributed by atoms with Gasteiger partial charge in [-0.3, -0.25) is 0 Å². The van der Waals surface area contributed by atoms with Crippen molar-refractivity contribution in [3.63, 3.8) is 0 Å². The maximum absolute atomic E-state index is 12.2.